The Morgan fingerprint density at radius 3 is 1.70 bits per heavy atom. The molecule has 6 nitrogen and oxygen atoms in total. The van der Waals surface area contributed by atoms with Gasteiger partial charge in [0.05, 0.1) is 10.6 Å². The van der Waals surface area contributed by atoms with Crippen molar-refractivity contribution in [3.63, 3.8) is 0 Å². The predicted molar refractivity (Wildman–Crippen MR) is 83.2 cm³/mol. The summed E-state index contributed by atoms with van der Waals surface area (Å²) in [6, 6.07) is 12.4. The molecule has 0 saturated carbocycles. The van der Waals surface area contributed by atoms with Gasteiger partial charge in [0, 0.05) is 12.2 Å². The van der Waals surface area contributed by atoms with Crippen molar-refractivity contribution < 1.29 is 22.7 Å². The molecule has 0 spiro atoms. The third kappa shape index (κ3) is 3.14. The van der Waals surface area contributed by atoms with Gasteiger partial charge in [-0.2, -0.15) is 0 Å². The minimum atomic E-state index is -2.62. The lowest BCUT2D eigenvalue weighted by Crippen LogP contribution is -2.29. The highest BCUT2D eigenvalue weighted by Gasteiger charge is 2.24. The van der Waals surface area contributed by atoms with E-state index in [9.17, 15) is 18.0 Å². The molecule has 0 bridgehead atoms. The topological polar surface area (TPSA) is 80.8 Å². The number of carbonyl (C=O) groups is 2. The summed E-state index contributed by atoms with van der Waals surface area (Å²) in [5.41, 5.74) is 0.455. The maximum Gasteiger partial charge on any atom is 0.258 e. The Bertz CT molecular complexity index is 840. The van der Waals surface area contributed by atoms with Crippen molar-refractivity contribution in [2.75, 3.05) is 4.90 Å². The Hall–Kier alpha value is -2.93. The summed E-state index contributed by atoms with van der Waals surface area (Å²) in [7, 11) is -2.62. The summed E-state index contributed by atoms with van der Waals surface area (Å²) in [6.45, 7) is 0. The van der Waals surface area contributed by atoms with E-state index < -0.39 is 10.7 Å². The third-order valence-electron chi connectivity index (χ3n) is 3.19. The molecular weight excluding hydrogens is 318 g/mol. The molecule has 1 heterocycles. The fourth-order valence-corrected chi connectivity index (χ4v) is 2.48. The third-order valence-corrected chi connectivity index (χ3v) is 3.91. The van der Waals surface area contributed by atoms with Gasteiger partial charge in [0.1, 0.15) is 11.5 Å². The number of rotatable bonds is 4. The largest absolute Gasteiger partial charge is 0.457 e. The van der Waals surface area contributed by atoms with Crippen LogP contribution in [0.3, 0.4) is 0 Å². The fourth-order valence-electron chi connectivity index (χ4n) is 2.09. The molecule has 1 aliphatic rings. The van der Waals surface area contributed by atoms with Crippen LogP contribution in [-0.4, -0.2) is 20.2 Å². The predicted octanol–water partition coefficient (Wildman–Crippen LogP) is 1.88. The summed E-state index contributed by atoms with van der Waals surface area (Å²) >= 11 is 0. The van der Waals surface area contributed by atoms with Crippen LogP contribution in [0.4, 0.5) is 5.69 Å². The summed E-state index contributed by atoms with van der Waals surface area (Å²) in [5.74, 6) is 0.213. The highest BCUT2D eigenvalue weighted by Crippen LogP contribution is 2.26. The van der Waals surface area contributed by atoms with Gasteiger partial charge in [0.15, 0.2) is 10.7 Å². The molecular formula is C16H11NO5S. The van der Waals surface area contributed by atoms with Gasteiger partial charge < -0.3 is 4.74 Å². The summed E-state index contributed by atoms with van der Waals surface area (Å²) in [5, 5.41) is 0. The van der Waals surface area contributed by atoms with Crippen molar-refractivity contribution in [1.82, 2.24) is 0 Å². The molecule has 0 aromatic heterocycles. The van der Waals surface area contributed by atoms with E-state index in [1.807, 2.05) is 0 Å². The highest BCUT2D eigenvalue weighted by atomic mass is 32.2. The first-order valence-corrected chi connectivity index (χ1v) is 7.81. The number of benzene rings is 2. The molecule has 0 saturated heterocycles. The van der Waals surface area contributed by atoms with Gasteiger partial charge in [-0.05, 0) is 48.5 Å². The van der Waals surface area contributed by atoms with Crippen LogP contribution in [0.25, 0.3) is 0 Å². The van der Waals surface area contributed by atoms with Crippen molar-refractivity contribution in [2.45, 2.75) is 4.90 Å². The van der Waals surface area contributed by atoms with Crippen LogP contribution in [0, 0.1) is 0 Å². The van der Waals surface area contributed by atoms with Gasteiger partial charge in [-0.15, -0.1) is 0 Å². The summed E-state index contributed by atoms with van der Waals surface area (Å²) in [4.78, 5) is 24.4. The Morgan fingerprint density at radius 1 is 0.739 bits per heavy atom. The normalized spacial score (nSPS) is 13.9. The summed E-state index contributed by atoms with van der Waals surface area (Å²) in [6.07, 6.45) is 2.43. The molecule has 0 fully saturated rings. The molecule has 3 rings (SSSR count). The maximum absolute atomic E-state index is 11.6. The van der Waals surface area contributed by atoms with Crippen molar-refractivity contribution in [3.05, 3.63) is 60.7 Å². The van der Waals surface area contributed by atoms with Crippen LogP contribution < -0.4 is 9.64 Å². The monoisotopic (exact) mass is 329 g/mol. The van der Waals surface area contributed by atoms with Gasteiger partial charge in [-0.1, -0.05) is 0 Å². The Kier molecular flexibility index (Phi) is 3.94. The van der Waals surface area contributed by atoms with Crippen molar-refractivity contribution in [2.24, 2.45) is 0 Å². The van der Waals surface area contributed by atoms with Gasteiger partial charge in [-0.3, -0.25) is 9.59 Å². The Morgan fingerprint density at radius 2 is 1.22 bits per heavy atom. The molecule has 0 atom stereocenters. The van der Waals surface area contributed by atoms with E-state index in [-0.39, 0.29) is 16.7 Å². The van der Waals surface area contributed by atoms with E-state index in [4.69, 9.17) is 4.74 Å². The molecule has 2 amide bonds. The zero-order chi connectivity index (χ0) is 16.4. The van der Waals surface area contributed by atoms with Gasteiger partial charge in [0.25, 0.3) is 11.8 Å². The number of nitrogens with zero attached hydrogens (tertiary/aromatic N) is 1. The average molecular weight is 329 g/mol. The molecule has 1 aliphatic heterocycles. The van der Waals surface area contributed by atoms with Crippen molar-refractivity contribution >= 4 is 28.2 Å². The molecule has 7 heteroatoms. The molecule has 2 aromatic rings. The van der Waals surface area contributed by atoms with E-state index in [1.54, 1.807) is 36.4 Å². The van der Waals surface area contributed by atoms with E-state index in [0.29, 0.717) is 17.2 Å². The smallest absolute Gasteiger partial charge is 0.258 e. The molecule has 0 N–H and O–H groups in total. The number of hydrogen-bond donors (Lipinski definition) is 1. The van der Waals surface area contributed by atoms with E-state index in [2.05, 4.69) is 0 Å². The van der Waals surface area contributed by atoms with Crippen LogP contribution in [0.15, 0.2) is 65.6 Å². The maximum atomic E-state index is 11.6. The van der Waals surface area contributed by atoms with Crippen LogP contribution in [0.1, 0.15) is 0 Å². The van der Waals surface area contributed by atoms with Crippen LogP contribution in [0.2, 0.25) is 0 Å². The second-order valence-corrected chi connectivity index (χ2v) is 5.72. The quantitative estimate of drug-likeness (QED) is 0.684. The second-order valence-electron chi connectivity index (χ2n) is 4.69. The number of anilines is 1. The number of thiol groups is 1. The lowest BCUT2D eigenvalue weighted by atomic mass is 10.2. The standard InChI is InChI=1S/C16H11NO5S/c18-15-9-10-16(19)17(15)11-1-3-12(4-2-11)22-13-5-7-14(8-6-13)23(20)21/h1-10,23H. The second kappa shape index (κ2) is 6.05. The average Bonchev–Trinajstić information content (AvgIpc) is 2.88. The van der Waals surface area contributed by atoms with Gasteiger partial charge >= 0.3 is 0 Å². The Labute approximate surface area is 133 Å². The highest BCUT2D eigenvalue weighted by molar-refractivity contribution is 7.72. The van der Waals surface area contributed by atoms with Gasteiger partial charge in [-0.25, -0.2) is 13.3 Å². The molecule has 0 unspecified atom stereocenters. The number of ether oxygens (including phenoxy) is 1. The SMILES string of the molecule is O=C1C=CC(=O)N1c1ccc(Oc2ccc([SH](=O)=O)cc2)cc1. The summed E-state index contributed by atoms with van der Waals surface area (Å²) < 4.78 is 27.2. The lowest BCUT2D eigenvalue weighted by Gasteiger charge is -2.14. The fraction of sp³-hybridized carbons (Fsp3) is 0. The van der Waals surface area contributed by atoms with Crippen LogP contribution in [-0.2, 0) is 20.3 Å². The van der Waals surface area contributed by atoms with E-state index in [0.717, 1.165) is 4.90 Å². The first-order valence-electron chi connectivity index (χ1n) is 6.63. The molecule has 2 aromatic carbocycles. The first-order chi connectivity index (χ1) is 11.0. The zero-order valence-corrected chi connectivity index (χ0v) is 12.6. The van der Waals surface area contributed by atoms with Crippen molar-refractivity contribution in [3.8, 4) is 11.5 Å². The van der Waals surface area contributed by atoms with Crippen LogP contribution >= 0.6 is 0 Å². The number of amides is 2. The zero-order valence-electron chi connectivity index (χ0n) is 11.7. The van der Waals surface area contributed by atoms with Gasteiger partial charge in [0.2, 0.25) is 0 Å². The minimum absolute atomic E-state index is 0.209. The van der Waals surface area contributed by atoms with Crippen molar-refractivity contribution in [1.29, 1.82) is 0 Å². The Balaban J connectivity index is 1.75. The van der Waals surface area contributed by atoms with E-state index >= 15 is 0 Å². The molecule has 116 valence electrons. The molecule has 0 radical (unpaired) electrons. The lowest BCUT2D eigenvalue weighted by molar-refractivity contribution is -0.119. The number of carbonyl (C=O) groups excluding carboxylic acids is 2. The molecule has 23 heavy (non-hydrogen) atoms. The molecule has 0 aliphatic carbocycles. The van der Waals surface area contributed by atoms with Crippen LogP contribution in [0.5, 0.6) is 11.5 Å². The van der Waals surface area contributed by atoms with E-state index in [1.165, 1.54) is 24.3 Å². The minimum Gasteiger partial charge on any atom is -0.457 e. The first kappa shape index (κ1) is 15.0. The number of imide groups is 1. The number of hydrogen-bond acceptors (Lipinski definition) is 5.